The summed E-state index contributed by atoms with van der Waals surface area (Å²) >= 11 is 0. The average Bonchev–Trinajstić information content (AvgIpc) is 2.42. The van der Waals surface area contributed by atoms with E-state index < -0.39 is 0 Å². The Kier molecular flexibility index (Phi) is 7.35. The van der Waals surface area contributed by atoms with Gasteiger partial charge < -0.3 is 15.8 Å². The first kappa shape index (κ1) is 15.2. The van der Waals surface area contributed by atoms with Gasteiger partial charge in [0.15, 0.2) is 0 Å². The molecule has 4 nitrogen and oxygen atoms in total. The Morgan fingerprint density at radius 1 is 1.32 bits per heavy atom. The lowest BCUT2D eigenvalue weighted by atomic mass is 10.2. The zero-order valence-electron chi connectivity index (χ0n) is 11.4. The Bertz CT molecular complexity index is 399. The minimum Gasteiger partial charge on any atom is -0.399 e. The highest BCUT2D eigenvalue weighted by Crippen LogP contribution is 2.06. The van der Waals surface area contributed by atoms with Gasteiger partial charge in [0.2, 0.25) is 5.91 Å². The van der Waals surface area contributed by atoms with E-state index in [4.69, 9.17) is 10.5 Å². The third-order valence-corrected chi connectivity index (χ3v) is 2.55. The van der Waals surface area contributed by atoms with Crippen molar-refractivity contribution in [3.05, 3.63) is 35.9 Å². The first-order valence-electron chi connectivity index (χ1n) is 6.61. The highest BCUT2D eigenvalue weighted by atomic mass is 16.5. The predicted molar refractivity (Wildman–Crippen MR) is 78.6 cm³/mol. The maximum absolute atomic E-state index is 11.5. The molecule has 0 aliphatic heterocycles. The molecule has 104 valence electrons. The smallest absolute Gasteiger partial charge is 0.244 e. The van der Waals surface area contributed by atoms with Crippen LogP contribution in [0.25, 0.3) is 6.08 Å². The number of hydrogen-bond acceptors (Lipinski definition) is 3. The van der Waals surface area contributed by atoms with Crippen molar-refractivity contribution < 1.29 is 9.53 Å². The monoisotopic (exact) mass is 262 g/mol. The molecule has 1 amide bonds. The number of anilines is 1. The Morgan fingerprint density at radius 3 is 2.74 bits per heavy atom. The second-order valence-corrected chi connectivity index (χ2v) is 4.26. The SMILES string of the molecule is CCCCOCCNC(=O)/C=C/c1ccc(N)cc1. The minimum absolute atomic E-state index is 0.115. The summed E-state index contributed by atoms with van der Waals surface area (Å²) in [6, 6.07) is 7.35. The molecule has 19 heavy (non-hydrogen) atoms. The second-order valence-electron chi connectivity index (χ2n) is 4.26. The molecule has 0 saturated carbocycles. The number of nitrogens with two attached hydrogens (primary N) is 1. The summed E-state index contributed by atoms with van der Waals surface area (Å²) in [4.78, 5) is 11.5. The molecule has 0 aliphatic carbocycles. The molecule has 0 fully saturated rings. The molecule has 3 N–H and O–H groups in total. The van der Waals surface area contributed by atoms with Crippen molar-refractivity contribution in [1.29, 1.82) is 0 Å². The molecule has 0 spiro atoms. The summed E-state index contributed by atoms with van der Waals surface area (Å²) in [7, 11) is 0. The van der Waals surface area contributed by atoms with Crippen molar-refractivity contribution in [2.75, 3.05) is 25.5 Å². The molecule has 0 unspecified atom stereocenters. The molecule has 0 aromatic heterocycles. The van der Waals surface area contributed by atoms with Gasteiger partial charge in [0.1, 0.15) is 0 Å². The van der Waals surface area contributed by atoms with Crippen molar-refractivity contribution in [2.24, 2.45) is 0 Å². The Hall–Kier alpha value is -1.81. The molecular formula is C15H22N2O2. The Balaban J connectivity index is 2.18. The number of nitrogens with one attached hydrogen (secondary N) is 1. The summed E-state index contributed by atoms with van der Waals surface area (Å²) in [5.74, 6) is -0.115. The van der Waals surface area contributed by atoms with E-state index in [9.17, 15) is 4.79 Å². The third kappa shape index (κ3) is 7.26. The highest BCUT2D eigenvalue weighted by molar-refractivity contribution is 5.91. The lowest BCUT2D eigenvalue weighted by Gasteiger charge is -2.03. The lowest BCUT2D eigenvalue weighted by molar-refractivity contribution is -0.116. The minimum atomic E-state index is -0.115. The van der Waals surface area contributed by atoms with Crippen LogP contribution in [0, 0.1) is 0 Å². The fourth-order valence-corrected chi connectivity index (χ4v) is 1.43. The summed E-state index contributed by atoms with van der Waals surface area (Å²) in [5, 5.41) is 2.77. The first-order valence-corrected chi connectivity index (χ1v) is 6.61. The van der Waals surface area contributed by atoms with E-state index in [1.165, 1.54) is 6.08 Å². The van der Waals surface area contributed by atoms with Crippen LogP contribution < -0.4 is 11.1 Å². The quantitative estimate of drug-likeness (QED) is 0.429. The number of unbranched alkanes of at least 4 members (excludes halogenated alkanes) is 1. The highest BCUT2D eigenvalue weighted by Gasteiger charge is 1.95. The molecule has 0 saturated heterocycles. The topological polar surface area (TPSA) is 64.3 Å². The fraction of sp³-hybridized carbons (Fsp3) is 0.400. The molecule has 1 aromatic carbocycles. The van der Waals surface area contributed by atoms with E-state index in [0.29, 0.717) is 18.8 Å². The van der Waals surface area contributed by atoms with Gasteiger partial charge in [-0.1, -0.05) is 25.5 Å². The lowest BCUT2D eigenvalue weighted by Crippen LogP contribution is -2.25. The summed E-state index contributed by atoms with van der Waals surface area (Å²) in [6.45, 7) is 3.97. The maximum atomic E-state index is 11.5. The van der Waals surface area contributed by atoms with Crippen LogP contribution in [0.5, 0.6) is 0 Å². The largest absolute Gasteiger partial charge is 0.399 e. The van der Waals surface area contributed by atoms with E-state index in [-0.39, 0.29) is 5.91 Å². The van der Waals surface area contributed by atoms with Crippen LogP contribution in [-0.2, 0) is 9.53 Å². The van der Waals surface area contributed by atoms with Gasteiger partial charge in [-0.15, -0.1) is 0 Å². The number of nitrogen functional groups attached to an aromatic ring is 1. The van der Waals surface area contributed by atoms with Gasteiger partial charge in [0.05, 0.1) is 6.61 Å². The Labute approximate surface area is 114 Å². The van der Waals surface area contributed by atoms with Gasteiger partial charge in [-0.2, -0.15) is 0 Å². The van der Waals surface area contributed by atoms with E-state index >= 15 is 0 Å². The average molecular weight is 262 g/mol. The first-order chi connectivity index (χ1) is 9.22. The van der Waals surface area contributed by atoms with Crippen molar-refractivity contribution in [3.63, 3.8) is 0 Å². The molecule has 0 atom stereocenters. The molecular weight excluding hydrogens is 240 g/mol. The van der Waals surface area contributed by atoms with E-state index in [2.05, 4.69) is 12.2 Å². The third-order valence-electron chi connectivity index (χ3n) is 2.55. The Morgan fingerprint density at radius 2 is 2.05 bits per heavy atom. The number of amides is 1. The van der Waals surface area contributed by atoms with E-state index in [1.807, 2.05) is 12.1 Å². The maximum Gasteiger partial charge on any atom is 0.244 e. The van der Waals surface area contributed by atoms with Crippen LogP contribution >= 0.6 is 0 Å². The van der Waals surface area contributed by atoms with Crippen molar-refractivity contribution in [1.82, 2.24) is 5.32 Å². The second kappa shape index (κ2) is 9.16. The van der Waals surface area contributed by atoms with E-state index in [1.54, 1.807) is 18.2 Å². The van der Waals surface area contributed by atoms with Crippen molar-refractivity contribution >= 4 is 17.7 Å². The molecule has 1 rings (SSSR count). The summed E-state index contributed by atoms with van der Waals surface area (Å²) in [6.07, 6.45) is 5.45. The summed E-state index contributed by atoms with van der Waals surface area (Å²) in [5.41, 5.74) is 7.24. The van der Waals surface area contributed by atoms with Crippen LogP contribution in [0.3, 0.4) is 0 Å². The van der Waals surface area contributed by atoms with Crippen LogP contribution in [0.1, 0.15) is 25.3 Å². The number of benzene rings is 1. The van der Waals surface area contributed by atoms with Gasteiger partial charge in [0, 0.05) is 24.9 Å². The van der Waals surface area contributed by atoms with Gasteiger partial charge >= 0.3 is 0 Å². The van der Waals surface area contributed by atoms with Crippen LogP contribution in [0.2, 0.25) is 0 Å². The fourth-order valence-electron chi connectivity index (χ4n) is 1.43. The molecule has 4 heteroatoms. The summed E-state index contributed by atoms with van der Waals surface area (Å²) < 4.78 is 5.35. The molecule has 0 bridgehead atoms. The zero-order valence-corrected chi connectivity index (χ0v) is 11.4. The van der Waals surface area contributed by atoms with E-state index in [0.717, 1.165) is 25.0 Å². The zero-order chi connectivity index (χ0) is 13.9. The molecule has 0 heterocycles. The normalized spacial score (nSPS) is 10.8. The van der Waals surface area contributed by atoms with Gasteiger partial charge in [-0.05, 0) is 30.2 Å². The van der Waals surface area contributed by atoms with Gasteiger partial charge in [0.25, 0.3) is 0 Å². The van der Waals surface area contributed by atoms with Gasteiger partial charge in [-0.25, -0.2) is 0 Å². The number of ether oxygens (including phenoxy) is 1. The molecule has 0 radical (unpaired) electrons. The predicted octanol–water partition coefficient (Wildman–Crippen LogP) is 2.21. The van der Waals surface area contributed by atoms with Crippen molar-refractivity contribution in [2.45, 2.75) is 19.8 Å². The van der Waals surface area contributed by atoms with Crippen LogP contribution in [0.4, 0.5) is 5.69 Å². The van der Waals surface area contributed by atoms with Gasteiger partial charge in [-0.3, -0.25) is 4.79 Å². The van der Waals surface area contributed by atoms with Crippen molar-refractivity contribution in [3.8, 4) is 0 Å². The van der Waals surface area contributed by atoms with Crippen LogP contribution in [0.15, 0.2) is 30.3 Å². The molecule has 1 aromatic rings. The number of rotatable bonds is 8. The number of carbonyl (C=O) groups is 1. The standard InChI is InChI=1S/C15H22N2O2/c1-2-3-11-19-12-10-17-15(18)9-6-13-4-7-14(16)8-5-13/h4-9H,2-3,10-12,16H2,1H3,(H,17,18)/b9-6+. The number of hydrogen-bond donors (Lipinski definition) is 2. The molecule has 0 aliphatic rings. The number of carbonyl (C=O) groups excluding carboxylic acids is 1. The van der Waals surface area contributed by atoms with Crippen LogP contribution in [-0.4, -0.2) is 25.7 Å².